The highest BCUT2D eigenvalue weighted by molar-refractivity contribution is 7.99. The third kappa shape index (κ3) is 2.79. The fourth-order valence-corrected chi connectivity index (χ4v) is 4.04. The Morgan fingerprint density at radius 3 is 2.08 bits per heavy atom. The molecular formula is C21H18N2OS. The second kappa shape index (κ2) is 6.30. The number of anilines is 3. The van der Waals surface area contributed by atoms with E-state index in [4.69, 9.17) is 0 Å². The van der Waals surface area contributed by atoms with Gasteiger partial charge >= 0.3 is 6.03 Å². The van der Waals surface area contributed by atoms with Crippen LogP contribution in [0.15, 0.2) is 76.5 Å². The molecule has 0 radical (unpaired) electrons. The van der Waals surface area contributed by atoms with Gasteiger partial charge < -0.3 is 5.32 Å². The summed E-state index contributed by atoms with van der Waals surface area (Å²) in [5, 5.41) is 3.08. The zero-order chi connectivity index (χ0) is 17.4. The number of nitrogens with zero attached hydrogens (tertiary/aromatic N) is 1. The van der Waals surface area contributed by atoms with Crippen molar-refractivity contribution in [1.29, 1.82) is 0 Å². The first kappa shape index (κ1) is 15.8. The number of carbonyl (C=O) groups excluding carboxylic acids is 1. The van der Waals surface area contributed by atoms with Gasteiger partial charge in [0.15, 0.2) is 0 Å². The number of hydrogen-bond acceptors (Lipinski definition) is 2. The third-order valence-electron chi connectivity index (χ3n) is 4.48. The molecule has 0 atom stereocenters. The van der Waals surface area contributed by atoms with E-state index in [-0.39, 0.29) is 6.03 Å². The predicted molar refractivity (Wildman–Crippen MR) is 104 cm³/mol. The standard InChI is InChI=1S/C21H18N2OS/c1-14-8-7-9-16(15(14)2)22-21(24)23-17-10-3-5-12-19(17)25-20-13-6-4-11-18(20)23/h3-13H,1-2H3,(H,22,24). The summed E-state index contributed by atoms with van der Waals surface area (Å²) in [5.41, 5.74) is 4.91. The SMILES string of the molecule is Cc1cccc(NC(=O)N2c3ccccc3Sc3ccccc32)c1C. The molecule has 1 aliphatic heterocycles. The minimum atomic E-state index is -0.145. The van der Waals surface area contributed by atoms with Crippen molar-refractivity contribution < 1.29 is 4.79 Å². The molecule has 0 fully saturated rings. The van der Waals surface area contributed by atoms with Crippen molar-refractivity contribution in [3.05, 3.63) is 77.9 Å². The highest BCUT2D eigenvalue weighted by atomic mass is 32.2. The first-order chi connectivity index (χ1) is 12.1. The Hall–Kier alpha value is -2.72. The summed E-state index contributed by atoms with van der Waals surface area (Å²) in [4.78, 5) is 17.1. The summed E-state index contributed by atoms with van der Waals surface area (Å²) >= 11 is 1.69. The van der Waals surface area contributed by atoms with Crippen LogP contribution in [0.25, 0.3) is 0 Å². The molecule has 3 aromatic rings. The van der Waals surface area contributed by atoms with Crippen LogP contribution >= 0.6 is 11.8 Å². The number of hydrogen-bond donors (Lipinski definition) is 1. The van der Waals surface area contributed by atoms with Crippen LogP contribution in [0.1, 0.15) is 11.1 Å². The summed E-state index contributed by atoms with van der Waals surface area (Å²) in [7, 11) is 0. The van der Waals surface area contributed by atoms with Crippen molar-refractivity contribution in [3.63, 3.8) is 0 Å². The maximum atomic E-state index is 13.2. The Labute approximate surface area is 151 Å². The predicted octanol–water partition coefficient (Wildman–Crippen LogP) is 6.14. The van der Waals surface area contributed by atoms with E-state index in [0.717, 1.165) is 38.0 Å². The molecule has 4 heteroatoms. The molecule has 1 N–H and O–H groups in total. The number of amides is 2. The molecule has 0 aromatic heterocycles. The van der Waals surface area contributed by atoms with Crippen molar-refractivity contribution in [2.24, 2.45) is 0 Å². The van der Waals surface area contributed by atoms with Gasteiger partial charge in [-0.15, -0.1) is 0 Å². The Morgan fingerprint density at radius 1 is 0.840 bits per heavy atom. The largest absolute Gasteiger partial charge is 0.331 e. The van der Waals surface area contributed by atoms with E-state index in [1.807, 2.05) is 80.6 Å². The van der Waals surface area contributed by atoms with Crippen molar-refractivity contribution in [1.82, 2.24) is 0 Å². The van der Waals surface area contributed by atoms with E-state index in [1.165, 1.54) is 0 Å². The van der Waals surface area contributed by atoms with Gasteiger partial charge in [-0.1, -0.05) is 48.2 Å². The zero-order valence-electron chi connectivity index (χ0n) is 14.1. The number of para-hydroxylation sites is 2. The van der Waals surface area contributed by atoms with Crippen LogP contribution in [-0.2, 0) is 0 Å². The molecule has 1 aliphatic rings. The van der Waals surface area contributed by atoms with E-state index in [0.29, 0.717) is 0 Å². The van der Waals surface area contributed by atoms with Gasteiger partial charge in [0.2, 0.25) is 0 Å². The van der Waals surface area contributed by atoms with Crippen molar-refractivity contribution in [2.75, 3.05) is 10.2 Å². The molecule has 0 aliphatic carbocycles. The van der Waals surface area contributed by atoms with Gasteiger partial charge in [-0.25, -0.2) is 4.79 Å². The Balaban J connectivity index is 1.77. The first-order valence-corrected chi connectivity index (χ1v) is 9.00. The number of rotatable bonds is 1. The summed E-state index contributed by atoms with van der Waals surface area (Å²) in [6.07, 6.45) is 0. The minimum Gasteiger partial charge on any atom is -0.307 e. The average Bonchev–Trinajstić information content (AvgIpc) is 2.63. The van der Waals surface area contributed by atoms with Crippen LogP contribution in [0.3, 0.4) is 0 Å². The topological polar surface area (TPSA) is 32.3 Å². The van der Waals surface area contributed by atoms with Crippen molar-refractivity contribution >= 4 is 34.9 Å². The molecule has 0 saturated heterocycles. The van der Waals surface area contributed by atoms with Crippen LogP contribution in [0.4, 0.5) is 21.9 Å². The molecule has 2 amide bonds. The maximum Gasteiger partial charge on any atom is 0.331 e. The number of benzene rings is 3. The number of carbonyl (C=O) groups is 1. The average molecular weight is 346 g/mol. The molecule has 3 aromatic carbocycles. The summed E-state index contributed by atoms with van der Waals surface area (Å²) < 4.78 is 0. The second-order valence-electron chi connectivity index (χ2n) is 6.05. The molecule has 0 bridgehead atoms. The molecule has 25 heavy (non-hydrogen) atoms. The van der Waals surface area contributed by atoms with E-state index in [9.17, 15) is 4.79 Å². The van der Waals surface area contributed by atoms with Crippen LogP contribution in [-0.4, -0.2) is 6.03 Å². The number of nitrogens with one attached hydrogen (secondary N) is 1. The summed E-state index contributed by atoms with van der Waals surface area (Å²) in [6.45, 7) is 4.08. The molecule has 1 heterocycles. The molecule has 4 rings (SSSR count). The highest BCUT2D eigenvalue weighted by Gasteiger charge is 2.28. The lowest BCUT2D eigenvalue weighted by Crippen LogP contribution is -2.33. The lowest BCUT2D eigenvalue weighted by atomic mass is 10.1. The molecular weight excluding hydrogens is 328 g/mol. The lowest BCUT2D eigenvalue weighted by molar-refractivity contribution is 0.258. The van der Waals surface area contributed by atoms with Gasteiger partial charge in [-0.3, -0.25) is 4.90 Å². The quantitative estimate of drug-likeness (QED) is 0.574. The number of aryl methyl sites for hydroxylation is 1. The molecule has 0 saturated carbocycles. The number of urea groups is 1. The summed E-state index contributed by atoms with van der Waals surface area (Å²) in [6, 6.07) is 21.8. The van der Waals surface area contributed by atoms with Crippen LogP contribution < -0.4 is 10.2 Å². The molecule has 0 unspecified atom stereocenters. The van der Waals surface area contributed by atoms with Crippen LogP contribution in [0.5, 0.6) is 0 Å². The summed E-state index contributed by atoms with van der Waals surface area (Å²) in [5.74, 6) is 0. The Bertz CT molecular complexity index is 922. The van der Waals surface area contributed by atoms with Gasteiger partial charge in [0.25, 0.3) is 0 Å². The fourth-order valence-electron chi connectivity index (χ4n) is 2.98. The van der Waals surface area contributed by atoms with Gasteiger partial charge in [0.05, 0.1) is 11.4 Å². The Kier molecular flexibility index (Phi) is 3.98. The van der Waals surface area contributed by atoms with Crippen LogP contribution in [0.2, 0.25) is 0 Å². The van der Waals surface area contributed by atoms with Crippen molar-refractivity contribution in [3.8, 4) is 0 Å². The smallest absolute Gasteiger partial charge is 0.307 e. The number of fused-ring (bicyclic) bond motifs is 2. The lowest BCUT2D eigenvalue weighted by Gasteiger charge is -2.31. The highest BCUT2D eigenvalue weighted by Crippen LogP contribution is 2.48. The second-order valence-corrected chi connectivity index (χ2v) is 7.13. The Morgan fingerprint density at radius 2 is 1.44 bits per heavy atom. The van der Waals surface area contributed by atoms with E-state index in [1.54, 1.807) is 16.7 Å². The monoisotopic (exact) mass is 346 g/mol. The molecule has 0 spiro atoms. The fraction of sp³-hybridized carbons (Fsp3) is 0.0952. The van der Waals surface area contributed by atoms with Gasteiger partial charge in [-0.05, 0) is 55.3 Å². The normalized spacial score (nSPS) is 12.3. The van der Waals surface area contributed by atoms with E-state index >= 15 is 0 Å². The van der Waals surface area contributed by atoms with Gasteiger partial charge in [0, 0.05) is 15.5 Å². The van der Waals surface area contributed by atoms with Gasteiger partial charge in [0.1, 0.15) is 0 Å². The van der Waals surface area contributed by atoms with Crippen LogP contribution in [0, 0.1) is 13.8 Å². The third-order valence-corrected chi connectivity index (χ3v) is 5.61. The first-order valence-electron chi connectivity index (χ1n) is 8.18. The van der Waals surface area contributed by atoms with E-state index < -0.39 is 0 Å². The minimum absolute atomic E-state index is 0.145. The zero-order valence-corrected chi connectivity index (χ0v) is 14.9. The maximum absolute atomic E-state index is 13.2. The van der Waals surface area contributed by atoms with Gasteiger partial charge in [-0.2, -0.15) is 0 Å². The van der Waals surface area contributed by atoms with Crippen molar-refractivity contribution in [2.45, 2.75) is 23.6 Å². The molecule has 124 valence electrons. The molecule has 3 nitrogen and oxygen atoms in total. The van der Waals surface area contributed by atoms with E-state index in [2.05, 4.69) is 5.32 Å².